The second-order valence-electron chi connectivity index (χ2n) is 5.42. The summed E-state index contributed by atoms with van der Waals surface area (Å²) in [4.78, 5) is 39.3. The van der Waals surface area contributed by atoms with E-state index in [2.05, 4.69) is 4.98 Å². The molecule has 23 heavy (non-hydrogen) atoms. The lowest BCUT2D eigenvalue weighted by atomic mass is 10.2. The first kappa shape index (κ1) is 17.0. The van der Waals surface area contributed by atoms with Gasteiger partial charge in [-0.1, -0.05) is 37.7 Å². The molecule has 8 heteroatoms. The minimum atomic E-state index is -0.901. The van der Waals surface area contributed by atoms with E-state index in [4.69, 9.17) is 5.73 Å². The fourth-order valence-corrected chi connectivity index (χ4v) is 2.90. The number of rotatable bonds is 5. The smallest absolute Gasteiger partial charge is 0.318 e. The fraction of sp³-hybridized carbons (Fsp3) is 0.333. The van der Waals surface area contributed by atoms with E-state index in [1.165, 1.54) is 0 Å². The minimum Gasteiger partial charge on any atom is -0.351 e. The molecule has 3 N–H and O–H groups in total. The molecule has 0 bridgehead atoms. The van der Waals surface area contributed by atoms with Crippen molar-refractivity contribution in [1.29, 1.82) is 0 Å². The summed E-state index contributed by atoms with van der Waals surface area (Å²) in [6.07, 6.45) is 0. The standard InChI is InChI=1S/C15H18N4O3S/c1-9(2)7-19-13(21)10-5-3-4-6-11(10)17-15(19)23-8-12(20)18-14(16)22/h3-6,9H,7-8H2,1-2H3,(H3,16,18,20,22). The van der Waals surface area contributed by atoms with E-state index >= 15 is 0 Å². The maximum absolute atomic E-state index is 12.6. The average molecular weight is 334 g/mol. The molecule has 122 valence electrons. The zero-order valence-corrected chi connectivity index (χ0v) is 13.7. The largest absolute Gasteiger partial charge is 0.351 e. The number of aromatic nitrogens is 2. The predicted octanol–water partition coefficient (Wildman–Crippen LogP) is 1.34. The van der Waals surface area contributed by atoms with Crippen molar-refractivity contribution in [2.45, 2.75) is 25.5 Å². The van der Waals surface area contributed by atoms with Crippen molar-refractivity contribution >= 4 is 34.6 Å². The van der Waals surface area contributed by atoms with E-state index in [9.17, 15) is 14.4 Å². The number of nitrogens with zero attached hydrogens (tertiary/aromatic N) is 2. The normalized spacial score (nSPS) is 10.9. The molecule has 3 amide bonds. The van der Waals surface area contributed by atoms with Gasteiger partial charge in [0.25, 0.3) is 5.56 Å². The fourth-order valence-electron chi connectivity index (χ4n) is 2.09. The van der Waals surface area contributed by atoms with Crippen molar-refractivity contribution in [2.75, 3.05) is 5.75 Å². The lowest BCUT2D eigenvalue weighted by Crippen LogP contribution is -2.36. The number of para-hydroxylation sites is 1. The van der Waals surface area contributed by atoms with Crippen LogP contribution in [-0.4, -0.2) is 27.2 Å². The summed E-state index contributed by atoms with van der Waals surface area (Å²) in [7, 11) is 0. The number of amides is 3. The lowest BCUT2D eigenvalue weighted by molar-refractivity contribution is -0.117. The monoisotopic (exact) mass is 334 g/mol. The number of urea groups is 1. The second kappa shape index (κ2) is 7.28. The van der Waals surface area contributed by atoms with Gasteiger partial charge in [-0.2, -0.15) is 0 Å². The van der Waals surface area contributed by atoms with E-state index in [0.717, 1.165) is 11.8 Å². The molecule has 0 atom stereocenters. The van der Waals surface area contributed by atoms with Gasteiger partial charge in [0, 0.05) is 6.54 Å². The zero-order chi connectivity index (χ0) is 17.0. The summed E-state index contributed by atoms with van der Waals surface area (Å²) in [5.74, 6) is -0.332. The van der Waals surface area contributed by atoms with Crippen LogP contribution in [0.3, 0.4) is 0 Å². The molecule has 0 fully saturated rings. The maximum atomic E-state index is 12.6. The van der Waals surface area contributed by atoms with Gasteiger partial charge in [-0.25, -0.2) is 9.78 Å². The van der Waals surface area contributed by atoms with E-state index in [1.807, 2.05) is 19.2 Å². The van der Waals surface area contributed by atoms with Crippen LogP contribution in [0.25, 0.3) is 10.9 Å². The number of nitrogens with one attached hydrogen (secondary N) is 1. The van der Waals surface area contributed by atoms with Crippen molar-refractivity contribution in [3.8, 4) is 0 Å². The third kappa shape index (κ3) is 4.32. The van der Waals surface area contributed by atoms with Gasteiger partial charge in [0.2, 0.25) is 5.91 Å². The zero-order valence-electron chi connectivity index (χ0n) is 12.9. The Morgan fingerprint density at radius 3 is 2.70 bits per heavy atom. The van der Waals surface area contributed by atoms with Crippen molar-refractivity contribution in [2.24, 2.45) is 11.7 Å². The Bertz CT molecular complexity index is 801. The third-order valence-corrected chi connectivity index (χ3v) is 3.95. The third-order valence-electron chi connectivity index (χ3n) is 2.97. The Kier molecular flexibility index (Phi) is 5.38. The Morgan fingerprint density at radius 1 is 1.35 bits per heavy atom. The molecule has 0 unspecified atom stereocenters. The molecule has 7 nitrogen and oxygen atoms in total. The van der Waals surface area contributed by atoms with Gasteiger partial charge in [-0.15, -0.1) is 0 Å². The Morgan fingerprint density at radius 2 is 2.04 bits per heavy atom. The summed E-state index contributed by atoms with van der Waals surface area (Å²) < 4.78 is 1.56. The Hall–Kier alpha value is -2.35. The van der Waals surface area contributed by atoms with Crippen molar-refractivity contribution < 1.29 is 9.59 Å². The van der Waals surface area contributed by atoms with Gasteiger partial charge in [0.15, 0.2) is 5.16 Å². The van der Waals surface area contributed by atoms with Crippen LogP contribution >= 0.6 is 11.8 Å². The first-order chi connectivity index (χ1) is 10.9. The molecule has 0 saturated heterocycles. The molecule has 0 saturated carbocycles. The number of hydrogen-bond donors (Lipinski definition) is 2. The van der Waals surface area contributed by atoms with E-state index in [1.54, 1.807) is 28.8 Å². The van der Waals surface area contributed by atoms with Crippen molar-refractivity contribution in [3.05, 3.63) is 34.6 Å². The van der Waals surface area contributed by atoms with Gasteiger partial charge in [0.05, 0.1) is 16.7 Å². The molecular formula is C15H18N4O3S. The maximum Gasteiger partial charge on any atom is 0.318 e. The summed E-state index contributed by atoms with van der Waals surface area (Å²) in [5.41, 5.74) is 5.35. The van der Waals surface area contributed by atoms with Crippen LogP contribution in [0.2, 0.25) is 0 Å². The number of fused-ring (bicyclic) bond motifs is 1. The molecule has 0 aliphatic carbocycles. The molecule has 0 aliphatic heterocycles. The minimum absolute atomic E-state index is 0.0498. The number of imide groups is 1. The molecule has 1 aromatic heterocycles. The number of primary amides is 1. The van der Waals surface area contributed by atoms with Crippen LogP contribution in [0.4, 0.5) is 4.79 Å². The van der Waals surface area contributed by atoms with Crippen LogP contribution in [-0.2, 0) is 11.3 Å². The average Bonchev–Trinajstić information content (AvgIpc) is 2.47. The van der Waals surface area contributed by atoms with Crippen LogP contribution in [0, 0.1) is 5.92 Å². The lowest BCUT2D eigenvalue weighted by Gasteiger charge is -2.14. The van der Waals surface area contributed by atoms with Gasteiger partial charge >= 0.3 is 6.03 Å². The number of carbonyl (C=O) groups excluding carboxylic acids is 2. The molecule has 1 aromatic carbocycles. The predicted molar refractivity (Wildman–Crippen MR) is 89.3 cm³/mol. The van der Waals surface area contributed by atoms with Gasteiger partial charge in [-0.3, -0.25) is 19.5 Å². The number of nitrogens with two attached hydrogens (primary N) is 1. The molecule has 0 radical (unpaired) electrons. The highest BCUT2D eigenvalue weighted by Gasteiger charge is 2.14. The highest BCUT2D eigenvalue weighted by molar-refractivity contribution is 7.99. The van der Waals surface area contributed by atoms with Crippen LogP contribution in [0.15, 0.2) is 34.2 Å². The van der Waals surface area contributed by atoms with Crippen LogP contribution < -0.4 is 16.6 Å². The van der Waals surface area contributed by atoms with E-state index < -0.39 is 11.9 Å². The topological polar surface area (TPSA) is 107 Å². The van der Waals surface area contributed by atoms with Crippen LogP contribution in [0.5, 0.6) is 0 Å². The SMILES string of the molecule is CC(C)Cn1c(SCC(=O)NC(N)=O)nc2ccccc2c1=O. The number of thioether (sulfide) groups is 1. The first-order valence-electron chi connectivity index (χ1n) is 7.10. The van der Waals surface area contributed by atoms with Gasteiger partial charge in [0.1, 0.15) is 0 Å². The summed E-state index contributed by atoms with van der Waals surface area (Å²) in [6, 6.07) is 6.18. The molecular weight excluding hydrogens is 316 g/mol. The first-order valence-corrected chi connectivity index (χ1v) is 8.08. The molecule has 2 rings (SSSR count). The quantitative estimate of drug-likeness (QED) is 0.634. The number of benzene rings is 1. The number of hydrogen-bond acceptors (Lipinski definition) is 5. The van der Waals surface area contributed by atoms with E-state index in [-0.39, 0.29) is 17.2 Å². The Balaban J connectivity index is 2.38. The Labute approximate surface area is 137 Å². The summed E-state index contributed by atoms with van der Waals surface area (Å²) in [5, 5.41) is 2.98. The van der Waals surface area contributed by atoms with E-state index in [0.29, 0.717) is 22.6 Å². The summed E-state index contributed by atoms with van der Waals surface area (Å²) >= 11 is 1.10. The second-order valence-corrected chi connectivity index (χ2v) is 6.36. The molecule has 0 spiro atoms. The van der Waals surface area contributed by atoms with Gasteiger partial charge < -0.3 is 5.73 Å². The highest BCUT2D eigenvalue weighted by atomic mass is 32.2. The highest BCUT2D eigenvalue weighted by Crippen LogP contribution is 2.18. The molecule has 2 aromatic rings. The number of carbonyl (C=O) groups is 2. The summed E-state index contributed by atoms with van der Waals surface area (Å²) in [6.45, 7) is 4.49. The van der Waals surface area contributed by atoms with Crippen molar-refractivity contribution in [1.82, 2.24) is 14.9 Å². The van der Waals surface area contributed by atoms with Crippen molar-refractivity contribution in [3.63, 3.8) is 0 Å². The molecule has 1 heterocycles. The van der Waals surface area contributed by atoms with Crippen LogP contribution in [0.1, 0.15) is 13.8 Å². The molecule has 0 aliphatic rings. The van der Waals surface area contributed by atoms with Gasteiger partial charge in [-0.05, 0) is 18.1 Å².